The minimum absolute atomic E-state index is 0.0243. The van der Waals surface area contributed by atoms with Crippen LogP contribution >= 0.6 is 0 Å². The highest BCUT2D eigenvalue weighted by Crippen LogP contribution is 2.30. The van der Waals surface area contributed by atoms with E-state index in [2.05, 4.69) is 17.1 Å². The lowest BCUT2D eigenvalue weighted by atomic mass is 9.94. The summed E-state index contributed by atoms with van der Waals surface area (Å²) in [7, 11) is 0. The van der Waals surface area contributed by atoms with E-state index in [1.165, 1.54) is 0 Å². The molecule has 2 unspecified atom stereocenters. The average Bonchev–Trinajstić information content (AvgIpc) is 2.71. The van der Waals surface area contributed by atoms with E-state index in [9.17, 15) is 9.59 Å². The second-order valence-electron chi connectivity index (χ2n) is 7.25. The van der Waals surface area contributed by atoms with Gasteiger partial charge in [0.1, 0.15) is 5.78 Å². The van der Waals surface area contributed by atoms with Crippen LogP contribution in [0, 0.1) is 5.41 Å². The minimum atomic E-state index is -0.474. The van der Waals surface area contributed by atoms with E-state index < -0.39 is 5.41 Å². The number of hydrogen-bond acceptors (Lipinski definition) is 5. The van der Waals surface area contributed by atoms with Gasteiger partial charge < -0.3 is 4.74 Å². The van der Waals surface area contributed by atoms with Gasteiger partial charge in [-0.2, -0.15) is 0 Å². The number of likely N-dealkylation sites (tertiary alicyclic amines) is 1. The van der Waals surface area contributed by atoms with Crippen molar-refractivity contribution < 1.29 is 14.3 Å². The molecule has 0 spiro atoms. The number of nitrogens with zero attached hydrogens (tertiary/aromatic N) is 1. The number of ketones is 1. The molecule has 2 aliphatic heterocycles. The summed E-state index contributed by atoms with van der Waals surface area (Å²) < 4.78 is 5.54. The molecular weight excluding hydrogens is 256 g/mol. The largest absolute Gasteiger partial charge is 0.446 e. The Bertz CT molecular complexity index is 392. The molecule has 0 aliphatic carbocycles. The number of Topliss-reactive ketones (excluding diaryl/α,β-unsaturated/α-hetero) is 1. The summed E-state index contributed by atoms with van der Waals surface area (Å²) in [6.45, 7) is 10.2. The van der Waals surface area contributed by atoms with Gasteiger partial charge in [0.25, 0.3) is 0 Å². The Balaban J connectivity index is 1.91. The SMILES string of the molecule is CC(C)(C)C(=O)OC1CC(C)(N2CCC(=O)CC2)CN1. The molecule has 2 atom stereocenters. The van der Waals surface area contributed by atoms with E-state index in [0.717, 1.165) is 26.1 Å². The second-order valence-corrected chi connectivity index (χ2v) is 7.25. The molecule has 2 saturated heterocycles. The zero-order valence-electron chi connectivity index (χ0n) is 13.0. The number of esters is 1. The average molecular weight is 282 g/mol. The zero-order valence-corrected chi connectivity index (χ0v) is 13.0. The molecule has 0 saturated carbocycles. The number of hydrogen-bond donors (Lipinski definition) is 1. The Morgan fingerprint density at radius 3 is 2.50 bits per heavy atom. The van der Waals surface area contributed by atoms with Crippen molar-refractivity contribution in [2.45, 2.75) is 58.7 Å². The molecule has 2 heterocycles. The summed E-state index contributed by atoms with van der Waals surface area (Å²) in [4.78, 5) is 25.6. The summed E-state index contributed by atoms with van der Waals surface area (Å²) >= 11 is 0. The molecule has 0 amide bonds. The Hall–Kier alpha value is -0.940. The lowest BCUT2D eigenvalue weighted by Crippen LogP contribution is -2.51. The number of nitrogens with one attached hydrogen (secondary N) is 1. The van der Waals surface area contributed by atoms with Gasteiger partial charge in [0.2, 0.25) is 0 Å². The first-order chi connectivity index (χ1) is 9.21. The monoisotopic (exact) mass is 282 g/mol. The van der Waals surface area contributed by atoms with Crippen molar-refractivity contribution in [3.63, 3.8) is 0 Å². The van der Waals surface area contributed by atoms with Crippen molar-refractivity contribution in [3.05, 3.63) is 0 Å². The first-order valence-corrected chi connectivity index (χ1v) is 7.42. The third kappa shape index (κ3) is 3.38. The standard InChI is InChI=1S/C15H26N2O3/c1-14(2,3)13(19)20-12-9-15(4,10-16-12)17-7-5-11(18)6-8-17/h12,16H,5-10H2,1-4H3. The predicted octanol–water partition coefficient (Wildman–Crippen LogP) is 1.32. The maximum Gasteiger partial charge on any atom is 0.312 e. The van der Waals surface area contributed by atoms with Crippen LogP contribution in [-0.2, 0) is 14.3 Å². The second kappa shape index (κ2) is 5.45. The fourth-order valence-corrected chi connectivity index (χ4v) is 2.80. The Morgan fingerprint density at radius 2 is 1.95 bits per heavy atom. The van der Waals surface area contributed by atoms with Gasteiger partial charge in [-0.15, -0.1) is 0 Å². The molecule has 5 nitrogen and oxygen atoms in total. The van der Waals surface area contributed by atoms with Crippen LogP contribution in [0.5, 0.6) is 0 Å². The van der Waals surface area contributed by atoms with Crippen LogP contribution in [0.15, 0.2) is 0 Å². The summed E-state index contributed by atoms with van der Waals surface area (Å²) in [5.41, 5.74) is -0.498. The number of carbonyl (C=O) groups excluding carboxylic acids is 2. The van der Waals surface area contributed by atoms with Crippen molar-refractivity contribution in [1.29, 1.82) is 0 Å². The van der Waals surface area contributed by atoms with Gasteiger partial charge in [-0.3, -0.25) is 19.8 Å². The molecule has 2 aliphatic rings. The smallest absolute Gasteiger partial charge is 0.312 e. The molecule has 2 rings (SSSR count). The van der Waals surface area contributed by atoms with E-state index in [-0.39, 0.29) is 17.7 Å². The number of ether oxygens (including phenoxy) is 1. The molecule has 114 valence electrons. The molecule has 0 bridgehead atoms. The van der Waals surface area contributed by atoms with E-state index >= 15 is 0 Å². The van der Waals surface area contributed by atoms with Crippen LogP contribution in [0.3, 0.4) is 0 Å². The summed E-state index contributed by atoms with van der Waals surface area (Å²) in [6.07, 6.45) is 1.84. The molecule has 0 radical (unpaired) electrons. The van der Waals surface area contributed by atoms with Gasteiger partial charge in [0.05, 0.1) is 5.41 Å². The molecule has 2 fully saturated rings. The van der Waals surface area contributed by atoms with Crippen LogP contribution in [0.4, 0.5) is 0 Å². The molecule has 20 heavy (non-hydrogen) atoms. The quantitative estimate of drug-likeness (QED) is 0.774. The zero-order chi connectivity index (χ0) is 15.0. The normalized spacial score (nSPS) is 32.4. The van der Waals surface area contributed by atoms with Gasteiger partial charge in [-0.25, -0.2) is 0 Å². The highest BCUT2D eigenvalue weighted by atomic mass is 16.6. The van der Waals surface area contributed by atoms with E-state index in [1.54, 1.807) is 0 Å². The molecular formula is C15H26N2O3. The molecule has 5 heteroatoms. The summed E-state index contributed by atoms with van der Waals surface area (Å²) in [5, 5.41) is 3.29. The first kappa shape index (κ1) is 15.4. The first-order valence-electron chi connectivity index (χ1n) is 7.42. The molecule has 0 aromatic carbocycles. The maximum atomic E-state index is 11.9. The van der Waals surface area contributed by atoms with Crippen LogP contribution in [0.2, 0.25) is 0 Å². The van der Waals surface area contributed by atoms with Gasteiger partial charge in [-0.05, 0) is 27.7 Å². The van der Waals surface area contributed by atoms with Crippen LogP contribution in [-0.4, -0.2) is 48.1 Å². The van der Waals surface area contributed by atoms with E-state index in [4.69, 9.17) is 4.74 Å². The van der Waals surface area contributed by atoms with Gasteiger partial charge in [0, 0.05) is 44.4 Å². The van der Waals surface area contributed by atoms with Crippen molar-refractivity contribution in [2.75, 3.05) is 19.6 Å². The number of carbonyl (C=O) groups is 2. The summed E-state index contributed by atoms with van der Waals surface area (Å²) in [5.74, 6) is 0.180. The number of rotatable bonds is 2. The molecule has 0 aromatic rings. The van der Waals surface area contributed by atoms with Crippen LogP contribution in [0.25, 0.3) is 0 Å². The third-order valence-electron chi connectivity index (χ3n) is 4.28. The van der Waals surface area contributed by atoms with Gasteiger partial charge in [0.15, 0.2) is 6.23 Å². The highest BCUT2D eigenvalue weighted by molar-refractivity contribution is 5.79. The Labute approximate surface area is 121 Å². The number of piperidine rings is 1. The predicted molar refractivity (Wildman–Crippen MR) is 76.2 cm³/mol. The third-order valence-corrected chi connectivity index (χ3v) is 4.28. The van der Waals surface area contributed by atoms with E-state index in [1.807, 2.05) is 20.8 Å². The van der Waals surface area contributed by atoms with Crippen molar-refractivity contribution in [3.8, 4) is 0 Å². The topological polar surface area (TPSA) is 58.6 Å². The Kier molecular flexibility index (Phi) is 4.21. The molecule has 0 aromatic heterocycles. The van der Waals surface area contributed by atoms with Gasteiger partial charge >= 0.3 is 5.97 Å². The highest BCUT2D eigenvalue weighted by Gasteiger charge is 2.42. The Morgan fingerprint density at radius 1 is 1.35 bits per heavy atom. The summed E-state index contributed by atoms with van der Waals surface area (Å²) in [6, 6.07) is 0. The van der Waals surface area contributed by atoms with E-state index in [0.29, 0.717) is 18.6 Å². The van der Waals surface area contributed by atoms with Crippen molar-refractivity contribution >= 4 is 11.8 Å². The van der Waals surface area contributed by atoms with Crippen LogP contribution < -0.4 is 5.32 Å². The van der Waals surface area contributed by atoms with Crippen molar-refractivity contribution in [2.24, 2.45) is 5.41 Å². The van der Waals surface area contributed by atoms with Crippen LogP contribution in [0.1, 0.15) is 47.0 Å². The maximum absolute atomic E-state index is 11.9. The van der Waals surface area contributed by atoms with Gasteiger partial charge in [-0.1, -0.05) is 0 Å². The van der Waals surface area contributed by atoms with Crippen molar-refractivity contribution in [1.82, 2.24) is 10.2 Å². The fraction of sp³-hybridized carbons (Fsp3) is 0.867. The molecule has 1 N–H and O–H groups in total. The minimum Gasteiger partial charge on any atom is -0.446 e. The lowest BCUT2D eigenvalue weighted by Gasteiger charge is -2.40. The fourth-order valence-electron chi connectivity index (χ4n) is 2.80. The lowest BCUT2D eigenvalue weighted by molar-refractivity contribution is -0.159.